The van der Waals surface area contributed by atoms with E-state index in [0.717, 1.165) is 24.2 Å². The Kier molecular flexibility index (Phi) is 4.88. The number of para-hydroxylation sites is 1. The number of fused-ring (bicyclic) bond motifs is 1. The molecular formula is C22H23N3O3. The average molecular weight is 377 g/mol. The van der Waals surface area contributed by atoms with Crippen molar-refractivity contribution in [3.05, 3.63) is 70.6 Å². The Morgan fingerprint density at radius 1 is 1.07 bits per heavy atom. The summed E-state index contributed by atoms with van der Waals surface area (Å²) in [5, 5.41) is 6.95. The van der Waals surface area contributed by atoms with Crippen LogP contribution in [0.3, 0.4) is 0 Å². The van der Waals surface area contributed by atoms with E-state index in [1.54, 1.807) is 18.2 Å². The van der Waals surface area contributed by atoms with Gasteiger partial charge >= 0.3 is 5.63 Å². The lowest BCUT2D eigenvalue weighted by Gasteiger charge is -2.37. The van der Waals surface area contributed by atoms with Crippen molar-refractivity contribution in [2.45, 2.75) is 25.9 Å². The molecule has 0 saturated carbocycles. The highest BCUT2D eigenvalue weighted by molar-refractivity contribution is 6.05. The Labute approximate surface area is 163 Å². The van der Waals surface area contributed by atoms with Gasteiger partial charge in [0.1, 0.15) is 11.1 Å². The summed E-state index contributed by atoms with van der Waals surface area (Å²) in [6.45, 7) is 6.08. The molecule has 2 atom stereocenters. The minimum atomic E-state index is -0.639. The summed E-state index contributed by atoms with van der Waals surface area (Å²) >= 11 is 0. The van der Waals surface area contributed by atoms with E-state index in [4.69, 9.17) is 4.42 Å². The molecule has 1 saturated heterocycles. The molecule has 28 heavy (non-hydrogen) atoms. The summed E-state index contributed by atoms with van der Waals surface area (Å²) < 4.78 is 5.48. The molecule has 0 unspecified atom stereocenters. The molecule has 1 aliphatic heterocycles. The highest BCUT2D eigenvalue weighted by Crippen LogP contribution is 2.24. The van der Waals surface area contributed by atoms with Crippen LogP contribution < -0.4 is 21.2 Å². The molecule has 0 radical (unpaired) electrons. The zero-order valence-corrected chi connectivity index (χ0v) is 15.9. The third-order valence-electron chi connectivity index (χ3n) is 4.92. The molecular weight excluding hydrogens is 354 g/mol. The van der Waals surface area contributed by atoms with Crippen molar-refractivity contribution in [1.29, 1.82) is 0 Å². The summed E-state index contributed by atoms with van der Waals surface area (Å²) in [5.74, 6) is -0.476. The first-order valence-corrected chi connectivity index (χ1v) is 9.45. The van der Waals surface area contributed by atoms with Crippen LogP contribution in [0.1, 0.15) is 24.2 Å². The standard InChI is InChI=1S/C22H23N3O3/c1-14-12-25(13-15(2)23-14)18-9-8-16-10-19(22(27)28-20(16)11-18)21(26)24-17-6-4-3-5-7-17/h3-11,14-15,23H,12-13H2,1-2H3,(H,24,26)/t14-,15+. The normalized spacial score (nSPS) is 19.6. The molecule has 2 heterocycles. The van der Waals surface area contributed by atoms with E-state index in [-0.39, 0.29) is 5.56 Å². The Bertz CT molecular complexity index is 1050. The zero-order chi connectivity index (χ0) is 19.7. The van der Waals surface area contributed by atoms with Crippen molar-refractivity contribution in [2.24, 2.45) is 0 Å². The maximum Gasteiger partial charge on any atom is 0.349 e. The van der Waals surface area contributed by atoms with Crippen LogP contribution >= 0.6 is 0 Å². The maximum atomic E-state index is 12.5. The van der Waals surface area contributed by atoms with Gasteiger partial charge in [0, 0.05) is 48.0 Å². The predicted molar refractivity (Wildman–Crippen MR) is 111 cm³/mol. The number of amides is 1. The molecule has 1 aromatic heterocycles. The van der Waals surface area contributed by atoms with Crippen molar-refractivity contribution >= 4 is 28.3 Å². The first-order valence-electron chi connectivity index (χ1n) is 9.45. The van der Waals surface area contributed by atoms with Crippen LogP contribution in [0.5, 0.6) is 0 Å². The summed E-state index contributed by atoms with van der Waals surface area (Å²) in [4.78, 5) is 27.2. The molecule has 144 valence electrons. The lowest BCUT2D eigenvalue weighted by atomic mass is 10.1. The number of hydrogen-bond acceptors (Lipinski definition) is 5. The van der Waals surface area contributed by atoms with Crippen LogP contribution in [0.25, 0.3) is 11.0 Å². The van der Waals surface area contributed by atoms with E-state index >= 15 is 0 Å². The van der Waals surface area contributed by atoms with Gasteiger partial charge in [-0.15, -0.1) is 0 Å². The summed E-state index contributed by atoms with van der Waals surface area (Å²) in [7, 11) is 0. The third-order valence-corrected chi connectivity index (χ3v) is 4.92. The Hall–Kier alpha value is -3.12. The summed E-state index contributed by atoms with van der Waals surface area (Å²) in [6.07, 6.45) is 0. The number of nitrogens with zero attached hydrogens (tertiary/aromatic N) is 1. The van der Waals surface area contributed by atoms with Crippen molar-refractivity contribution in [3.8, 4) is 0 Å². The van der Waals surface area contributed by atoms with Gasteiger partial charge in [0.15, 0.2) is 0 Å². The SMILES string of the molecule is C[C@@H]1CN(c2ccc3cc(C(=O)Nc4ccccc4)c(=O)oc3c2)C[C@H](C)N1. The highest BCUT2D eigenvalue weighted by Gasteiger charge is 2.22. The van der Waals surface area contributed by atoms with Gasteiger partial charge in [-0.1, -0.05) is 18.2 Å². The molecule has 6 heteroatoms. The fourth-order valence-electron chi connectivity index (χ4n) is 3.71. The molecule has 4 rings (SSSR count). The van der Waals surface area contributed by atoms with Crippen LogP contribution in [0.4, 0.5) is 11.4 Å². The second-order valence-electron chi connectivity index (χ2n) is 7.36. The Morgan fingerprint density at radius 3 is 2.50 bits per heavy atom. The van der Waals surface area contributed by atoms with Crippen LogP contribution in [0.2, 0.25) is 0 Å². The number of rotatable bonds is 3. The van der Waals surface area contributed by atoms with Crippen molar-refractivity contribution in [1.82, 2.24) is 5.32 Å². The number of piperazine rings is 1. The smallest absolute Gasteiger partial charge is 0.349 e. The van der Waals surface area contributed by atoms with Gasteiger partial charge in [-0.2, -0.15) is 0 Å². The van der Waals surface area contributed by atoms with Gasteiger partial charge in [-0.05, 0) is 44.2 Å². The lowest BCUT2D eigenvalue weighted by Crippen LogP contribution is -2.54. The van der Waals surface area contributed by atoms with E-state index in [9.17, 15) is 9.59 Å². The minimum Gasteiger partial charge on any atom is -0.422 e. The molecule has 1 aliphatic rings. The number of carbonyl (C=O) groups excluding carboxylic acids is 1. The number of nitrogens with one attached hydrogen (secondary N) is 2. The minimum absolute atomic E-state index is 0.00600. The fourth-order valence-corrected chi connectivity index (χ4v) is 3.71. The Balaban J connectivity index is 1.63. The monoisotopic (exact) mass is 377 g/mol. The van der Waals surface area contributed by atoms with E-state index in [0.29, 0.717) is 23.4 Å². The second kappa shape index (κ2) is 7.48. The third kappa shape index (κ3) is 3.77. The number of hydrogen-bond donors (Lipinski definition) is 2. The van der Waals surface area contributed by atoms with Gasteiger partial charge in [0.25, 0.3) is 5.91 Å². The molecule has 0 spiro atoms. The summed E-state index contributed by atoms with van der Waals surface area (Å²) in [5.41, 5.74) is 1.48. The quantitative estimate of drug-likeness (QED) is 0.686. The average Bonchev–Trinajstić information content (AvgIpc) is 2.67. The van der Waals surface area contributed by atoms with Crippen molar-refractivity contribution in [2.75, 3.05) is 23.3 Å². The Morgan fingerprint density at radius 2 is 1.79 bits per heavy atom. The van der Waals surface area contributed by atoms with E-state index in [1.807, 2.05) is 36.4 Å². The van der Waals surface area contributed by atoms with Crippen LogP contribution in [0, 0.1) is 0 Å². The van der Waals surface area contributed by atoms with Gasteiger partial charge in [0.05, 0.1) is 0 Å². The van der Waals surface area contributed by atoms with Crippen LogP contribution in [0.15, 0.2) is 63.8 Å². The molecule has 3 aromatic rings. The largest absolute Gasteiger partial charge is 0.422 e. The fraction of sp³-hybridized carbons (Fsp3) is 0.273. The molecule has 1 amide bonds. The molecule has 2 N–H and O–H groups in total. The molecule has 1 fully saturated rings. The topological polar surface area (TPSA) is 74.6 Å². The molecule has 0 aliphatic carbocycles. The van der Waals surface area contributed by atoms with Crippen molar-refractivity contribution in [3.63, 3.8) is 0 Å². The second-order valence-corrected chi connectivity index (χ2v) is 7.36. The van der Waals surface area contributed by atoms with E-state index in [2.05, 4.69) is 29.4 Å². The molecule has 2 aromatic carbocycles. The van der Waals surface area contributed by atoms with Crippen molar-refractivity contribution < 1.29 is 9.21 Å². The molecule has 0 bridgehead atoms. The summed E-state index contributed by atoms with van der Waals surface area (Å²) in [6, 6.07) is 17.2. The van der Waals surface area contributed by atoms with Gasteiger partial charge in [-0.3, -0.25) is 4.79 Å². The van der Waals surface area contributed by atoms with Crippen LogP contribution in [-0.4, -0.2) is 31.1 Å². The number of carbonyl (C=O) groups is 1. The van der Waals surface area contributed by atoms with Gasteiger partial charge in [-0.25, -0.2) is 4.79 Å². The first kappa shape index (κ1) is 18.3. The number of anilines is 2. The number of benzene rings is 2. The highest BCUT2D eigenvalue weighted by atomic mass is 16.4. The van der Waals surface area contributed by atoms with Gasteiger partial charge in [0.2, 0.25) is 0 Å². The van der Waals surface area contributed by atoms with Gasteiger partial charge < -0.3 is 20.0 Å². The lowest BCUT2D eigenvalue weighted by molar-refractivity contribution is 0.102. The first-order chi connectivity index (χ1) is 13.5. The van der Waals surface area contributed by atoms with E-state index in [1.165, 1.54) is 0 Å². The van der Waals surface area contributed by atoms with Crippen LogP contribution in [-0.2, 0) is 0 Å². The maximum absolute atomic E-state index is 12.5. The van der Waals surface area contributed by atoms with E-state index < -0.39 is 11.5 Å². The predicted octanol–water partition coefficient (Wildman–Crippen LogP) is 3.23. The zero-order valence-electron chi connectivity index (χ0n) is 15.9. The molecule has 6 nitrogen and oxygen atoms in total.